The minimum atomic E-state index is -3.54. The van der Waals surface area contributed by atoms with Crippen molar-refractivity contribution in [2.75, 3.05) is 17.1 Å². The number of carbonyl (C=O) groups is 2. The average Bonchev–Trinajstić information content (AvgIpc) is 2.83. The molecule has 2 rings (SSSR count). The molecular formula is C28H40ClN3O4S. The lowest BCUT2D eigenvalue weighted by Gasteiger charge is -2.32. The van der Waals surface area contributed by atoms with E-state index < -0.39 is 16.1 Å². The number of nitrogens with one attached hydrogen (secondary N) is 1. The van der Waals surface area contributed by atoms with Gasteiger partial charge in [-0.05, 0) is 81.0 Å². The Hall–Kier alpha value is -2.58. The molecule has 0 saturated heterocycles. The van der Waals surface area contributed by atoms with Crippen LogP contribution in [0.4, 0.5) is 5.69 Å². The predicted octanol–water partition coefficient (Wildman–Crippen LogP) is 5.23. The fourth-order valence-corrected chi connectivity index (χ4v) is 5.11. The first-order valence-electron chi connectivity index (χ1n) is 12.8. The summed E-state index contributed by atoms with van der Waals surface area (Å²) in [6, 6.07) is 12.1. The fraction of sp³-hybridized carbons (Fsp3) is 0.500. The molecule has 9 heteroatoms. The van der Waals surface area contributed by atoms with E-state index in [0.717, 1.165) is 23.1 Å². The van der Waals surface area contributed by atoms with Crippen LogP contribution in [-0.4, -0.2) is 50.0 Å². The smallest absolute Gasteiger partial charge is 0.243 e. The Kier molecular flexibility index (Phi) is 11.4. The van der Waals surface area contributed by atoms with Crippen molar-refractivity contribution in [2.45, 2.75) is 78.9 Å². The van der Waals surface area contributed by atoms with E-state index in [1.54, 1.807) is 23.1 Å². The summed E-state index contributed by atoms with van der Waals surface area (Å²) in [7, 11) is -3.54. The van der Waals surface area contributed by atoms with E-state index >= 15 is 0 Å². The van der Waals surface area contributed by atoms with Gasteiger partial charge in [0.25, 0.3) is 0 Å². The van der Waals surface area contributed by atoms with E-state index in [0.29, 0.717) is 23.6 Å². The number of hydrogen-bond donors (Lipinski definition) is 1. The van der Waals surface area contributed by atoms with E-state index in [-0.39, 0.29) is 37.4 Å². The molecule has 2 aromatic rings. The number of rotatable bonds is 13. The second kappa shape index (κ2) is 13.8. The molecule has 0 radical (unpaired) electrons. The third kappa shape index (κ3) is 9.04. The van der Waals surface area contributed by atoms with Gasteiger partial charge in [-0.1, -0.05) is 43.6 Å². The number of carbonyl (C=O) groups excluding carboxylic acids is 2. The van der Waals surface area contributed by atoms with Gasteiger partial charge in [0.2, 0.25) is 21.8 Å². The zero-order valence-electron chi connectivity index (χ0n) is 22.8. The maximum absolute atomic E-state index is 13.5. The van der Waals surface area contributed by atoms with Gasteiger partial charge in [0.05, 0.1) is 11.9 Å². The molecule has 0 fully saturated rings. The van der Waals surface area contributed by atoms with Crippen LogP contribution in [0.25, 0.3) is 0 Å². The number of sulfonamides is 1. The van der Waals surface area contributed by atoms with Crippen LogP contribution >= 0.6 is 11.6 Å². The Morgan fingerprint density at radius 3 is 2.19 bits per heavy atom. The second-order valence-electron chi connectivity index (χ2n) is 9.60. The van der Waals surface area contributed by atoms with Crippen LogP contribution in [0.1, 0.15) is 63.1 Å². The first-order valence-corrected chi connectivity index (χ1v) is 15.0. The second-order valence-corrected chi connectivity index (χ2v) is 11.9. The highest BCUT2D eigenvalue weighted by Gasteiger charge is 2.29. The monoisotopic (exact) mass is 549 g/mol. The molecule has 204 valence electrons. The normalized spacial score (nSPS) is 13.1. The van der Waals surface area contributed by atoms with Gasteiger partial charge < -0.3 is 10.2 Å². The largest absolute Gasteiger partial charge is 0.352 e. The van der Waals surface area contributed by atoms with Crippen molar-refractivity contribution in [2.24, 2.45) is 0 Å². The third-order valence-electron chi connectivity index (χ3n) is 6.58. The van der Waals surface area contributed by atoms with Crippen LogP contribution < -0.4 is 9.62 Å². The number of nitrogens with zero attached hydrogens (tertiary/aromatic N) is 2. The Bertz CT molecular complexity index is 1170. The van der Waals surface area contributed by atoms with Gasteiger partial charge in [0, 0.05) is 30.6 Å². The molecule has 2 amide bonds. The summed E-state index contributed by atoms with van der Waals surface area (Å²) in [5, 5.41) is 3.59. The van der Waals surface area contributed by atoms with Gasteiger partial charge in [-0.3, -0.25) is 13.9 Å². The Morgan fingerprint density at radius 1 is 1.00 bits per heavy atom. The fourth-order valence-electron chi connectivity index (χ4n) is 4.03. The number of anilines is 1. The number of hydrogen-bond acceptors (Lipinski definition) is 4. The topological polar surface area (TPSA) is 86.8 Å². The molecule has 0 aliphatic rings. The molecule has 2 aromatic carbocycles. The summed E-state index contributed by atoms with van der Waals surface area (Å²) < 4.78 is 26.4. The molecule has 0 bridgehead atoms. The Morgan fingerprint density at radius 2 is 1.65 bits per heavy atom. The standard InChI is InChI=1S/C28H40ClN3O4S/c1-7-22(5)30-28(34)26(8-2)31(19-23-12-14-24(29)15-13-23)27(33)10-9-17-32(37(6,35)36)25-16-11-20(3)21(4)18-25/h11-16,18,22,26H,7-10,17,19H2,1-6H3,(H,30,34)/t22-,26+/m0/s1. The highest BCUT2D eigenvalue weighted by atomic mass is 35.5. The van der Waals surface area contributed by atoms with Gasteiger partial charge in [0.1, 0.15) is 6.04 Å². The molecule has 0 heterocycles. The quantitative estimate of drug-likeness (QED) is 0.371. The predicted molar refractivity (Wildman–Crippen MR) is 151 cm³/mol. The maximum Gasteiger partial charge on any atom is 0.243 e. The van der Waals surface area contributed by atoms with E-state index in [2.05, 4.69) is 5.32 Å². The molecular weight excluding hydrogens is 510 g/mol. The SMILES string of the molecule is CC[C@H](C(=O)N[C@@H](C)CC)N(Cc1ccc(Cl)cc1)C(=O)CCCN(c1ccc(C)c(C)c1)S(C)(=O)=O. The molecule has 2 atom stereocenters. The number of amides is 2. The van der Waals surface area contributed by atoms with Crippen molar-refractivity contribution in [3.63, 3.8) is 0 Å². The molecule has 7 nitrogen and oxygen atoms in total. The highest BCUT2D eigenvalue weighted by Crippen LogP contribution is 2.23. The summed E-state index contributed by atoms with van der Waals surface area (Å²) in [6.45, 7) is 10.1. The van der Waals surface area contributed by atoms with Crippen LogP contribution in [0.5, 0.6) is 0 Å². The van der Waals surface area contributed by atoms with E-state index in [1.165, 1.54) is 10.6 Å². The van der Waals surface area contributed by atoms with Crippen LogP contribution in [0.3, 0.4) is 0 Å². The zero-order valence-corrected chi connectivity index (χ0v) is 24.3. The third-order valence-corrected chi connectivity index (χ3v) is 8.03. The number of benzene rings is 2. The molecule has 0 spiro atoms. The lowest BCUT2D eigenvalue weighted by molar-refractivity contribution is -0.141. The van der Waals surface area contributed by atoms with Crippen molar-refractivity contribution in [1.82, 2.24) is 10.2 Å². The molecule has 0 unspecified atom stereocenters. The van der Waals surface area contributed by atoms with Gasteiger partial charge in [0.15, 0.2) is 0 Å². The minimum absolute atomic E-state index is 0.00433. The molecule has 0 aliphatic carbocycles. The van der Waals surface area contributed by atoms with Crippen molar-refractivity contribution >= 4 is 39.1 Å². The van der Waals surface area contributed by atoms with Crippen LogP contribution in [0.2, 0.25) is 5.02 Å². The summed E-state index contributed by atoms with van der Waals surface area (Å²) >= 11 is 6.03. The Balaban J connectivity index is 2.23. The van der Waals surface area contributed by atoms with E-state index in [4.69, 9.17) is 11.6 Å². The van der Waals surface area contributed by atoms with Crippen molar-refractivity contribution in [1.29, 1.82) is 0 Å². The van der Waals surface area contributed by atoms with Gasteiger partial charge in [-0.15, -0.1) is 0 Å². The first kappa shape index (κ1) is 30.6. The number of halogens is 1. The highest BCUT2D eigenvalue weighted by molar-refractivity contribution is 7.92. The molecule has 37 heavy (non-hydrogen) atoms. The Labute approximate surface area is 227 Å². The van der Waals surface area contributed by atoms with Crippen molar-refractivity contribution in [3.8, 4) is 0 Å². The van der Waals surface area contributed by atoms with E-state index in [1.807, 2.05) is 58.9 Å². The molecule has 0 saturated carbocycles. The zero-order chi connectivity index (χ0) is 27.8. The lowest BCUT2D eigenvalue weighted by atomic mass is 10.1. The summed E-state index contributed by atoms with van der Waals surface area (Å²) in [6.07, 6.45) is 2.84. The molecule has 0 aromatic heterocycles. The summed E-state index contributed by atoms with van der Waals surface area (Å²) in [5.74, 6) is -0.387. The van der Waals surface area contributed by atoms with Crippen molar-refractivity contribution < 1.29 is 18.0 Å². The van der Waals surface area contributed by atoms with Gasteiger partial charge >= 0.3 is 0 Å². The van der Waals surface area contributed by atoms with Gasteiger partial charge in [-0.2, -0.15) is 0 Å². The first-order chi connectivity index (χ1) is 17.4. The summed E-state index contributed by atoms with van der Waals surface area (Å²) in [4.78, 5) is 28.2. The van der Waals surface area contributed by atoms with Crippen LogP contribution in [0.15, 0.2) is 42.5 Å². The van der Waals surface area contributed by atoms with Gasteiger partial charge in [-0.25, -0.2) is 8.42 Å². The average molecular weight is 550 g/mol. The van der Waals surface area contributed by atoms with Crippen LogP contribution in [-0.2, 0) is 26.2 Å². The van der Waals surface area contributed by atoms with Crippen LogP contribution in [0, 0.1) is 13.8 Å². The maximum atomic E-state index is 13.5. The molecule has 0 aliphatic heterocycles. The number of aryl methyl sites for hydroxylation is 2. The molecule has 1 N–H and O–H groups in total. The minimum Gasteiger partial charge on any atom is -0.352 e. The van der Waals surface area contributed by atoms with E-state index in [9.17, 15) is 18.0 Å². The summed E-state index contributed by atoms with van der Waals surface area (Å²) in [5.41, 5.74) is 3.51. The lowest BCUT2D eigenvalue weighted by Crippen LogP contribution is -2.50. The van der Waals surface area contributed by atoms with Crippen molar-refractivity contribution in [3.05, 3.63) is 64.2 Å².